The van der Waals surface area contributed by atoms with Gasteiger partial charge in [-0.3, -0.25) is 9.59 Å². The van der Waals surface area contributed by atoms with E-state index in [0.29, 0.717) is 12.2 Å². The van der Waals surface area contributed by atoms with Crippen molar-refractivity contribution >= 4 is 11.7 Å². The number of carbonyl (C=O) groups is 2. The summed E-state index contributed by atoms with van der Waals surface area (Å²) in [6.45, 7) is 1.78. The molecule has 3 atom stereocenters. The van der Waals surface area contributed by atoms with Crippen molar-refractivity contribution in [3.8, 4) is 0 Å². The molecule has 1 aliphatic carbocycles. The highest BCUT2D eigenvalue weighted by Gasteiger charge is 2.24. The molecular formula is C24H29NO3. The van der Waals surface area contributed by atoms with Crippen molar-refractivity contribution in [1.82, 2.24) is 5.32 Å². The van der Waals surface area contributed by atoms with Gasteiger partial charge in [-0.15, -0.1) is 0 Å². The van der Waals surface area contributed by atoms with Crippen molar-refractivity contribution in [1.29, 1.82) is 0 Å². The summed E-state index contributed by atoms with van der Waals surface area (Å²) in [5.74, 6) is 0.154. The third kappa shape index (κ3) is 5.29. The summed E-state index contributed by atoms with van der Waals surface area (Å²) in [4.78, 5) is 24.5. The van der Waals surface area contributed by atoms with E-state index in [-0.39, 0.29) is 30.4 Å². The van der Waals surface area contributed by atoms with Gasteiger partial charge in [0.15, 0.2) is 0 Å². The van der Waals surface area contributed by atoms with Crippen LogP contribution in [0.25, 0.3) is 0 Å². The van der Waals surface area contributed by atoms with Gasteiger partial charge in [-0.05, 0) is 49.3 Å². The van der Waals surface area contributed by atoms with E-state index in [0.717, 1.165) is 42.4 Å². The first kappa shape index (κ1) is 20.3. The van der Waals surface area contributed by atoms with E-state index in [1.165, 1.54) is 0 Å². The molecule has 2 N–H and O–H groups in total. The SMILES string of the molecule is C[C@H](C(=O)N[C@H](CO)Cc1ccccc1)c1ccc(C[C@H]2CCCC2=O)cc1. The molecule has 0 saturated heterocycles. The van der Waals surface area contributed by atoms with Crippen molar-refractivity contribution in [2.45, 2.75) is 51.0 Å². The van der Waals surface area contributed by atoms with Gasteiger partial charge in [0.2, 0.25) is 5.91 Å². The first-order valence-electron chi connectivity index (χ1n) is 10.1. The standard InChI is InChI=1S/C24H29NO3/c1-17(24(28)25-22(16-26)15-18-6-3-2-4-7-18)20-12-10-19(11-13-20)14-21-8-5-9-23(21)27/h2-4,6-7,10-13,17,21-22,26H,5,8-9,14-16H2,1H3,(H,25,28)/t17-,21+,22-/m0/s1. The first-order chi connectivity index (χ1) is 13.6. The summed E-state index contributed by atoms with van der Waals surface area (Å²) < 4.78 is 0. The van der Waals surface area contributed by atoms with Gasteiger partial charge in [0.1, 0.15) is 5.78 Å². The van der Waals surface area contributed by atoms with E-state index >= 15 is 0 Å². The van der Waals surface area contributed by atoms with Gasteiger partial charge in [-0.2, -0.15) is 0 Å². The number of hydrogen-bond donors (Lipinski definition) is 2. The molecule has 2 aromatic carbocycles. The quantitative estimate of drug-likeness (QED) is 0.739. The van der Waals surface area contributed by atoms with Crippen molar-refractivity contribution < 1.29 is 14.7 Å². The Bertz CT molecular complexity index is 785. The van der Waals surface area contributed by atoms with Gasteiger partial charge in [-0.1, -0.05) is 54.6 Å². The second kappa shape index (κ2) is 9.65. The highest BCUT2D eigenvalue weighted by molar-refractivity contribution is 5.84. The lowest BCUT2D eigenvalue weighted by molar-refractivity contribution is -0.123. The van der Waals surface area contributed by atoms with Crippen molar-refractivity contribution in [3.05, 3.63) is 71.3 Å². The molecule has 4 nitrogen and oxygen atoms in total. The van der Waals surface area contributed by atoms with E-state index in [2.05, 4.69) is 5.32 Å². The van der Waals surface area contributed by atoms with Crippen LogP contribution in [0.5, 0.6) is 0 Å². The van der Waals surface area contributed by atoms with Crippen LogP contribution in [0.1, 0.15) is 48.8 Å². The fraction of sp³-hybridized carbons (Fsp3) is 0.417. The summed E-state index contributed by atoms with van der Waals surface area (Å²) in [5, 5.41) is 12.6. The summed E-state index contributed by atoms with van der Waals surface area (Å²) in [7, 11) is 0. The highest BCUT2D eigenvalue weighted by Crippen LogP contribution is 2.26. The van der Waals surface area contributed by atoms with Crippen LogP contribution >= 0.6 is 0 Å². The molecule has 1 amide bonds. The zero-order valence-corrected chi connectivity index (χ0v) is 16.4. The minimum absolute atomic E-state index is 0.0892. The third-order valence-electron chi connectivity index (χ3n) is 5.68. The number of amides is 1. The molecule has 0 bridgehead atoms. The average Bonchev–Trinajstić information content (AvgIpc) is 3.12. The van der Waals surface area contributed by atoms with E-state index in [9.17, 15) is 14.7 Å². The van der Waals surface area contributed by atoms with Crippen LogP contribution in [-0.2, 0) is 22.4 Å². The zero-order valence-electron chi connectivity index (χ0n) is 16.4. The summed E-state index contributed by atoms with van der Waals surface area (Å²) >= 11 is 0. The van der Waals surface area contributed by atoms with Gasteiger partial charge in [0.25, 0.3) is 0 Å². The number of hydrogen-bond acceptors (Lipinski definition) is 3. The molecule has 3 rings (SSSR count). The molecule has 0 aliphatic heterocycles. The maximum Gasteiger partial charge on any atom is 0.227 e. The number of rotatable bonds is 8. The van der Waals surface area contributed by atoms with Crippen molar-refractivity contribution in [2.75, 3.05) is 6.61 Å². The molecule has 0 radical (unpaired) electrons. The van der Waals surface area contributed by atoms with Crippen molar-refractivity contribution in [2.24, 2.45) is 5.92 Å². The molecule has 4 heteroatoms. The molecule has 0 spiro atoms. The lowest BCUT2D eigenvalue weighted by atomic mass is 9.93. The second-order valence-corrected chi connectivity index (χ2v) is 7.80. The van der Waals surface area contributed by atoms with Crippen LogP contribution in [-0.4, -0.2) is 29.4 Å². The Balaban J connectivity index is 1.56. The number of ketones is 1. The van der Waals surface area contributed by atoms with Crippen molar-refractivity contribution in [3.63, 3.8) is 0 Å². The Morgan fingerprint density at radius 2 is 1.82 bits per heavy atom. The lowest BCUT2D eigenvalue weighted by Crippen LogP contribution is -2.41. The molecule has 0 unspecified atom stereocenters. The number of nitrogens with one attached hydrogen (secondary N) is 1. The van der Waals surface area contributed by atoms with Gasteiger partial charge in [0, 0.05) is 12.3 Å². The molecule has 148 valence electrons. The van der Waals surface area contributed by atoms with Gasteiger partial charge in [0.05, 0.1) is 18.6 Å². The number of aliphatic hydroxyl groups excluding tert-OH is 1. The fourth-order valence-corrected chi connectivity index (χ4v) is 3.87. The van der Waals surface area contributed by atoms with Crippen LogP contribution in [0.4, 0.5) is 0 Å². The van der Waals surface area contributed by atoms with E-state index < -0.39 is 0 Å². The van der Waals surface area contributed by atoms with Gasteiger partial charge in [-0.25, -0.2) is 0 Å². The van der Waals surface area contributed by atoms with E-state index in [4.69, 9.17) is 0 Å². The van der Waals surface area contributed by atoms with E-state index in [1.54, 1.807) is 0 Å². The maximum absolute atomic E-state index is 12.6. The molecular weight excluding hydrogens is 350 g/mol. The second-order valence-electron chi connectivity index (χ2n) is 7.80. The minimum atomic E-state index is -0.301. The minimum Gasteiger partial charge on any atom is -0.394 e. The Morgan fingerprint density at radius 1 is 1.11 bits per heavy atom. The monoisotopic (exact) mass is 379 g/mol. The maximum atomic E-state index is 12.6. The first-order valence-corrected chi connectivity index (χ1v) is 10.1. The molecule has 0 heterocycles. The average molecular weight is 380 g/mol. The van der Waals surface area contributed by atoms with Crippen LogP contribution in [0.15, 0.2) is 54.6 Å². The molecule has 1 saturated carbocycles. The normalized spacial score (nSPS) is 18.6. The predicted molar refractivity (Wildman–Crippen MR) is 110 cm³/mol. The lowest BCUT2D eigenvalue weighted by Gasteiger charge is -2.20. The zero-order chi connectivity index (χ0) is 19.9. The molecule has 1 aliphatic rings. The Morgan fingerprint density at radius 3 is 2.43 bits per heavy atom. The smallest absolute Gasteiger partial charge is 0.227 e. The van der Waals surface area contributed by atoms with Gasteiger partial charge >= 0.3 is 0 Å². The highest BCUT2D eigenvalue weighted by atomic mass is 16.3. The van der Waals surface area contributed by atoms with Gasteiger partial charge < -0.3 is 10.4 Å². The fourth-order valence-electron chi connectivity index (χ4n) is 3.87. The largest absolute Gasteiger partial charge is 0.394 e. The molecule has 0 aromatic heterocycles. The molecule has 2 aromatic rings. The van der Waals surface area contributed by atoms with Crippen LogP contribution in [0.2, 0.25) is 0 Å². The van der Waals surface area contributed by atoms with Crippen LogP contribution < -0.4 is 5.32 Å². The summed E-state index contributed by atoms with van der Waals surface area (Å²) in [6, 6.07) is 17.5. The van der Waals surface area contributed by atoms with Crippen LogP contribution in [0, 0.1) is 5.92 Å². The van der Waals surface area contributed by atoms with E-state index in [1.807, 2.05) is 61.5 Å². The number of benzene rings is 2. The predicted octanol–water partition coefficient (Wildman–Crippen LogP) is 3.42. The topological polar surface area (TPSA) is 66.4 Å². The third-order valence-corrected chi connectivity index (χ3v) is 5.68. The Labute approximate surface area is 167 Å². The van der Waals surface area contributed by atoms with Crippen LogP contribution in [0.3, 0.4) is 0 Å². The number of aliphatic hydroxyl groups is 1. The molecule has 28 heavy (non-hydrogen) atoms. The Kier molecular flexibility index (Phi) is 6.99. The number of carbonyl (C=O) groups excluding carboxylic acids is 2. The number of Topliss-reactive ketones (excluding diaryl/α,β-unsaturated/α-hetero) is 1. The molecule has 1 fully saturated rings. The summed E-state index contributed by atoms with van der Waals surface area (Å²) in [6.07, 6.45) is 4.11. The Hall–Kier alpha value is -2.46. The summed E-state index contributed by atoms with van der Waals surface area (Å²) in [5.41, 5.74) is 3.17.